The van der Waals surface area contributed by atoms with Crippen molar-refractivity contribution in [2.24, 2.45) is 10.7 Å². The first-order valence-corrected chi connectivity index (χ1v) is 9.23. The predicted octanol–water partition coefficient (Wildman–Crippen LogP) is 4.57. The summed E-state index contributed by atoms with van der Waals surface area (Å²) < 4.78 is 16.7. The first kappa shape index (κ1) is 22.1. The molecule has 0 radical (unpaired) electrons. The zero-order chi connectivity index (χ0) is 19.1. The van der Waals surface area contributed by atoms with Crippen LogP contribution in [0, 0.1) is 0 Å². The van der Waals surface area contributed by atoms with Crippen molar-refractivity contribution >= 4 is 35.6 Å². The second-order valence-corrected chi connectivity index (χ2v) is 6.53. The van der Waals surface area contributed by atoms with Gasteiger partial charge in [-0.05, 0) is 43.9 Å². The Labute approximate surface area is 183 Å². The largest absolute Gasteiger partial charge is 0.493 e. The minimum absolute atomic E-state index is 0. The van der Waals surface area contributed by atoms with Crippen molar-refractivity contribution in [2.75, 3.05) is 19.5 Å². The Morgan fingerprint density at radius 3 is 2.46 bits per heavy atom. The maximum atomic E-state index is 6.15. The summed E-state index contributed by atoms with van der Waals surface area (Å²) in [6, 6.07) is 13.5. The third kappa shape index (κ3) is 5.92. The van der Waals surface area contributed by atoms with Crippen molar-refractivity contribution in [3.63, 3.8) is 0 Å². The van der Waals surface area contributed by atoms with E-state index >= 15 is 0 Å². The fourth-order valence-electron chi connectivity index (χ4n) is 3.21. The van der Waals surface area contributed by atoms with E-state index in [-0.39, 0.29) is 24.0 Å². The lowest BCUT2D eigenvalue weighted by atomic mass is 10.2. The molecule has 2 aromatic carbocycles. The molecule has 6 nitrogen and oxygen atoms in total. The van der Waals surface area contributed by atoms with Gasteiger partial charge in [-0.3, -0.25) is 0 Å². The molecule has 0 atom stereocenters. The average molecular weight is 497 g/mol. The van der Waals surface area contributed by atoms with E-state index in [4.69, 9.17) is 19.9 Å². The Morgan fingerprint density at radius 2 is 1.75 bits per heavy atom. The van der Waals surface area contributed by atoms with Crippen LogP contribution in [0.25, 0.3) is 0 Å². The summed E-state index contributed by atoms with van der Waals surface area (Å²) in [5.74, 6) is 2.52. The summed E-state index contributed by atoms with van der Waals surface area (Å²) in [7, 11) is 3.20. The number of ether oxygens (including phenoxy) is 3. The molecule has 1 fully saturated rings. The molecule has 1 saturated carbocycles. The van der Waals surface area contributed by atoms with Gasteiger partial charge in [0.05, 0.1) is 26.9 Å². The summed E-state index contributed by atoms with van der Waals surface area (Å²) in [4.78, 5) is 4.45. The zero-order valence-corrected chi connectivity index (χ0v) is 18.6. The number of hydrogen-bond donors (Lipinski definition) is 2. The summed E-state index contributed by atoms with van der Waals surface area (Å²) in [5.41, 5.74) is 7.87. The van der Waals surface area contributed by atoms with Crippen molar-refractivity contribution in [3.8, 4) is 17.2 Å². The van der Waals surface area contributed by atoms with Gasteiger partial charge in [0.2, 0.25) is 0 Å². The first-order valence-electron chi connectivity index (χ1n) is 9.23. The zero-order valence-electron chi connectivity index (χ0n) is 16.3. The van der Waals surface area contributed by atoms with Crippen LogP contribution in [0.15, 0.2) is 47.5 Å². The molecule has 0 heterocycles. The number of benzene rings is 2. The molecule has 3 N–H and O–H groups in total. The summed E-state index contributed by atoms with van der Waals surface area (Å²) in [6.07, 6.45) is 5.05. The van der Waals surface area contributed by atoms with E-state index in [2.05, 4.69) is 10.3 Å². The maximum absolute atomic E-state index is 6.15. The molecule has 3 rings (SSSR count). The molecule has 0 aromatic heterocycles. The number of guanidine groups is 1. The van der Waals surface area contributed by atoms with E-state index in [1.165, 1.54) is 12.8 Å². The van der Waals surface area contributed by atoms with Crippen molar-refractivity contribution in [2.45, 2.75) is 38.3 Å². The molecule has 1 aliphatic carbocycles. The van der Waals surface area contributed by atoms with E-state index < -0.39 is 0 Å². The highest BCUT2D eigenvalue weighted by atomic mass is 127. The lowest BCUT2D eigenvalue weighted by molar-refractivity contribution is 0.208. The van der Waals surface area contributed by atoms with Crippen molar-refractivity contribution in [1.29, 1.82) is 0 Å². The highest BCUT2D eigenvalue weighted by Crippen LogP contribution is 2.30. The lowest BCUT2D eigenvalue weighted by Crippen LogP contribution is -2.22. The summed E-state index contributed by atoms with van der Waals surface area (Å²) in [5, 5.41) is 3.08. The Morgan fingerprint density at radius 1 is 1.04 bits per heavy atom. The van der Waals surface area contributed by atoms with Gasteiger partial charge < -0.3 is 25.3 Å². The number of nitrogens with one attached hydrogen (secondary N) is 1. The summed E-state index contributed by atoms with van der Waals surface area (Å²) in [6.45, 7) is 0.453. The van der Waals surface area contributed by atoms with Crippen LogP contribution in [0.3, 0.4) is 0 Å². The van der Waals surface area contributed by atoms with Crippen LogP contribution in [0.5, 0.6) is 17.2 Å². The van der Waals surface area contributed by atoms with Gasteiger partial charge in [0.15, 0.2) is 17.5 Å². The van der Waals surface area contributed by atoms with Gasteiger partial charge in [-0.1, -0.05) is 18.2 Å². The molecule has 0 bridgehead atoms. The molecule has 7 heteroatoms. The van der Waals surface area contributed by atoms with Gasteiger partial charge in [-0.2, -0.15) is 0 Å². The normalized spacial score (nSPS) is 14.3. The second-order valence-electron chi connectivity index (χ2n) is 6.53. The van der Waals surface area contributed by atoms with Crippen LogP contribution >= 0.6 is 24.0 Å². The number of nitrogens with two attached hydrogens (primary N) is 1. The molecular formula is C21H28IN3O3. The molecule has 1 aliphatic rings. The second kappa shape index (κ2) is 11.0. The fraction of sp³-hybridized carbons (Fsp3) is 0.381. The summed E-state index contributed by atoms with van der Waals surface area (Å²) >= 11 is 0. The minimum atomic E-state index is 0. The Hall–Kier alpha value is -2.16. The average Bonchev–Trinajstić information content (AvgIpc) is 3.20. The molecular weight excluding hydrogens is 469 g/mol. The van der Waals surface area contributed by atoms with Crippen LogP contribution < -0.4 is 25.3 Å². The molecule has 0 unspecified atom stereocenters. The monoisotopic (exact) mass is 497 g/mol. The van der Waals surface area contributed by atoms with Crippen LogP contribution in [-0.4, -0.2) is 26.3 Å². The lowest BCUT2D eigenvalue weighted by Gasteiger charge is -2.16. The standard InChI is InChI=1S/C21H27N3O3.HI/c1-25-19-12-11-16(13-20(19)26-2)24-21(22)23-14-15-7-3-6-10-18(15)27-17-8-4-5-9-17;/h3,6-7,10-13,17H,4-5,8-9,14H2,1-2H3,(H3,22,23,24);1H. The van der Waals surface area contributed by atoms with E-state index in [1.54, 1.807) is 14.2 Å². The molecule has 0 amide bonds. The van der Waals surface area contributed by atoms with E-state index in [0.29, 0.717) is 30.1 Å². The van der Waals surface area contributed by atoms with Gasteiger partial charge in [0, 0.05) is 17.3 Å². The maximum Gasteiger partial charge on any atom is 0.193 e. The van der Waals surface area contributed by atoms with Crippen molar-refractivity contribution in [3.05, 3.63) is 48.0 Å². The van der Waals surface area contributed by atoms with Crippen molar-refractivity contribution in [1.82, 2.24) is 0 Å². The van der Waals surface area contributed by atoms with Gasteiger partial charge in [0.25, 0.3) is 0 Å². The minimum Gasteiger partial charge on any atom is -0.493 e. The van der Waals surface area contributed by atoms with Gasteiger partial charge in [-0.15, -0.1) is 24.0 Å². The predicted molar refractivity (Wildman–Crippen MR) is 123 cm³/mol. The highest BCUT2D eigenvalue weighted by molar-refractivity contribution is 14.0. The number of aliphatic imine (C=N–C) groups is 1. The third-order valence-electron chi connectivity index (χ3n) is 4.64. The smallest absolute Gasteiger partial charge is 0.193 e. The number of nitrogens with zero attached hydrogens (tertiary/aromatic N) is 1. The molecule has 28 heavy (non-hydrogen) atoms. The molecule has 0 spiro atoms. The highest BCUT2D eigenvalue weighted by Gasteiger charge is 2.17. The Kier molecular flexibility index (Phi) is 8.69. The number of hydrogen-bond acceptors (Lipinski definition) is 4. The van der Waals surface area contributed by atoms with E-state index in [1.807, 2.05) is 42.5 Å². The van der Waals surface area contributed by atoms with Gasteiger partial charge in [0.1, 0.15) is 5.75 Å². The number of rotatable bonds is 7. The van der Waals surface area contributed by atoms with E-state index in [9.17, 15) is 0 Å². The van der Waals surface area contributed by atoms with Crippen LogP contribution in [-0.2, 0) is 6.54 Å². The number of anilines is 1. The number of para-hydroxylation sites is 1. The molecule has 152 valence electrons. The molecule has 0 saturated heterocycles. The number of methoxy groups -OCH3 is 2. The number of halogens is 1. The topological polar surface area (TPSA) is 78.1 Å². The fourth-order valence-corrected chi connectivity index (χ4v) is 3.21. The van der Waals surface area contributed by atoms with Crippen LogP contribution in [0.1, 0.15) is 31.2 Å². The quantitative estimate of drug-likeness (QED) is 0.333. The van der Waals surface area contributed by atoms with Crippen LogP contribution in [0.2, 0.25) is 0 Å². The first-order chi connectivity index (χ1) is 13.2. The van der Waals surface area contributed by atoms with E-state index in [0.717, 1.165) is 29.8 Å². The third-order valence-corrected chi connectivity index (χ3v) is 4.64. The Bertz CT molecular complexity index is 792. The Balaban J connectivity index is 0.00000280. The van der Waals surface area contributed by atoms with Gasteiger partial charge in [-0.25, -0.2) is 4.99 Å². The van der Waals surface area contributed by atoms with Gasteiger partial charge >= 0.3 is 0 Å². The molecule has 2 aromatic rings. The van der Waals surface area contributed by atoms with Crippen LogP contribution in [0.4, 0.5) is 5.69 Å². The van der Waals surface area contributed by atoms with Crippen molar-refractivity contribution < 1.29 is 14.2 Å². The SMILES string of the molecule is COc1ccc(NC(N)=NCc2ccccc2OC2CCCC2)cc1OC.I. The molecule has 0 aliphatic heterocycles.